The normalized spacial score (nSPS) is 33.0. The van der Waals surface area contributed by atoms with Crippen LogP contribution < -0.4 is 74.0 Å². The first-order chi connectivity index (χ1) is 10.4. The largest absolute Gasteiger partial charge is 1.00 e. The molecule has 1 saturated heterocycles. The van der Waals surface area contributed by atoms with E-state index in [0.29, 0.717) is 0 Å². The molecule has 0 aromatic carbocycles. The van der Waals surface area contributed by atoms with Crippen molar-refractivity contribution in [2.24, 2.45) is 4.99 Å². The van der Waals surface area contributed by atoms with Crippen LogP contribution >= 0.6 is 7.94 Å². The fourth-order valence-electron chi connectivity index (χ4n) is 2.13. The fourth-order valence-corrected chi connectivity index (χ4v) is 2.46. The number of hydrogen-bond acceptors (Lipinski definition) is 11. The summed E-state index contributed by atoms with van der Waals surface area (Å²) in [5, 5.41) is 50.3. The van der Waals surface area contributed by atoms with Gasteiger partial charge in [-0.3, -0.25) is 9.89 Å². The zero-order valence-electron chi connectivity index (χ0n) is 14.4. The zero-order chi connectivity index (χ0) is 17.9. The molecule has 1 heterocycles. The van der Waals surface area contributed by atoms with Crippen molar-refractivity contribution in [2.75, 3.05) is 6.35 Å². The molecular formula is C11H20NNa2O10P. The minimum Gasteiger partial charge on any atom is -0.862 e. The maximum atomic E-state index is 11.1. The summed E-state index contributed by atoms with van der Waals surface area (Å²) in [7, 11) is -4.81. The molecule has 0 aliphatic carbocycles. The first-order valence-corrected chi connectivity index (χ1v) is 8.44. The van der Waals surface area contributed by atoms with Crippen LogP contribution in [0.3, 0.4) is 0 Å². The third-order valence-corrected chi connectivity index (χ3v) is 3.65. The van der Waals surface area contributed by atoms with Gasteiger partial charge in [0.25, 0.3) is 0 Å². The van der Waals surface area contributed by atoms with Crippen LogP contribution in [0.25, 0.3) is 0 Å². The molecule has 0 amide bonds. The van der Waals surface area contributed by atoms with Crippen LogP contribution in [-0.4, -0.2) is 80.4 Å². The molecule has 1 rings (SSSR count). The van der Waals surface area contributed by atoms with Gasteiger partial charge in [-0.2, -0.15) is 0 Å². The van der Waals surface area contributed by atoms with E-state index in [-0.39, 0.29) is 59.1 Å². The number of nitrogens with zero attached hydrogens (tertiary/aromatic N) is 1. The average Bonchev–Trinajstić information content (AvgIpc) is 2.40. The Hall–Kier alpha value is 1.54. The van der Waals surface area contributed by atoms with Crippen LogP contribution in [0.4, 0.5) is 0 Å². The molecule has 0 unspecified atom stereocenters. The second-order valence-corrected chi connectivity index (χ2v) is 6.79. The van der Waals surface area contributed by atoms with E-state index >= 15 is 0 Å². The molecule has 1 aliphatic heterocycles. The van der Waals surface area contributed by atoms with Gasteiger partial charge in [-0.25, -0.2) is 0 Å². The van der Waals surface area contributed by atoms with Crippen LogP contribution in [-0.2, 0) is 9.47 Å². The van der Waals surface area contributed by atoms with Gasteiger partial charge in [0.2, 0.25) is 0 Å². The molecule has 0 aromatic heterocycles. The fraction of sp³-hybridized carbons (Fsp3) is 0.909. The summed E-state index contributed by atoms with van der Waals surface area (Å²) in [5.41, 5.74) is 0. The Morgan fingerprint density at radius 1 is 1.20 bits per heavy atom. The van der Waals surface area contributed by atoms with Gasteiger partial charge < -0.3 is 44.8 Å². The summed E-state index contributed by atoms with van der Waals surface area (Å²) < 4.78 is 9.81. The van der Waals surface area contributed by atoms with Crippen LogP contribution in [0.15, 0.2) is 4.99 Å². The molecule has 7 atom stereocenters. The summed E-state index contributed by atoms with van der Waals surface area (Å²) in [6.45, 7) is 2.36. The molecule has 0 bridgehead atoms. The van der Waals surface area contributed by atoms with Crippen molar-refractivity contribution in [3.8, 4) is 0 Å². The maximum Gasteiger partial charge on any atom is 1.00 e. The van der Waals surface area contributed by atoms with E-state index in [1.54, 1.807) is 0 Å². The van der Waals surface area contributed by atoms with Gasteiger partial charge in [0.15, 0.2) is 12.6 Å². The van der Waals surface area contributed by atoms with Gasteiger partial charge in [-0.05, 0) is 19.7 Å². The minimum absolute atomic E-state index is 0. The third kappa shape index (κ3) is 9.05. The first kappa shape index (κ1) is 28.7. The Labute approximate surface area is 189 Å². The number of aliphatic imine (C=N–C) groups is 1. The van der Waals surface area contributed by atoms with Gasteiger partial charge in [-0.1, -0.05) is 0 Å². The standard InChI is InChI=1S/C11H22NO10P.2Na/c1-4(13)6(12-5(2)14)10-8(16)7(15)9(17)11(22-10)21-3-23(18,19)20;;/h4,6-11,13,15-17H,3H2,1-2H3,(H,12,14)(H2,18,19,20);;/q;2*+1/p-2/t4-,6-,7+,8-,9-,10-,11-;;/m1../s1. The summed E-state index contributed by atoms with van der Waals surface area (Å²) >= 11 is 0. The third-order valence-electron chi connectivity index (χ3n) is 3.17. The number of aliphatic hydroxyl groups excluding tert-OH is 4. The molecule has 5 N–H and O–H groups in total. The second-order valence-electron chi connectivity index (χ2n) is 5.25. The van der Waals surface area contributed by atoms with E-state index in [4.69, 9.17) is 9.63 Å². The Morgan fingerprint density at radius 2 is 1.72 bits per heavy atom. The Balaban J connectivity index is 0. The van der Waals surface area contributed by atoms with Crippen LogP contribution in [0, 0.1) is 0 Å². The monoisotopic (exact) mass is 403 g/mol. The Morgan fingerprint density at radius 3 is 2.12 bits per heavy atom. The summed E-state index contributed by atoms with van der Waals surface area (Å²) in [6.07, 6.45) is -11.0. The van der Waals surface area contributed by atoms with E-state index in [1.165, 1.54) is 6.92 Å². The number of ether oxygens (including phenoxy) is 2. The zero-order valence-corrected chi connectivity index (χ0v) is 19.3. The van der Waals surface area contributed by atoms with Gasteiger partial charge >= 0.3 is 59.1 Å². The van der Waals surface area contributed by atoms with Gasteiger partial charge in [0.05, 0.1) is 14.0 Å². The molecule has 136 valence electrons. The smallest absolute Gasteiger partial charge is 0.862 e. The van der Waals surface area contributed by atoms with Crippen LogP contribution in [0.2, 0.25) is 0 Å². The Bertz CT molecular complexity index is 420. The molecule has 0 aromatic rings. The first-order valence-electron chi connectivity index (χ1n) is 6.67. The van der Waals surface area contributed by atoms with Crippen molar-refractivity contribution >= 4 is 13.8 Å². The van der Waals surface area contributed by atoms with Crippen molar-refractivity contribution in [2.45, 2.75) is 56.7 Å². The number of rotatable bonds is 6. The quantitative estimate of drug-likeness (QED) is 0.123. The molecule has 0 saturated carbocycles. The predicted octanol–water partition coefficient (Wildman–Crippen LogP) is -11.2. The predicted molar refractivity (Wildman–Crippen MR) is 70.4 cm³/mol. The second kappa shape index (κ2) is 12.2. The summed E-state index contributed by atoms with van der Waals surface area (Å²) in [6, 6.07) is -1.29. The SMILES string of the molecule is CC([O-])=N[C@@H]([C@H]1O[C@@H](OC[P+]([O-])([O-])O)[C@H](O)[C@@H](O)[C@H]1O)[C@@H](C)O.[Na+].[Na+]. The maximum absolute atomic E-state index is 11.1. The number of hydrogen-bond donors (Lipinski definition) is 5. The summed E-state index contributed by atoms with van der Waals surface area (Å²) in [4.78, 5) is 33.6. The molecule has 0 radical (unpaired) electrons. The van der Waals surface area contributed by atoms with E-state index in [9.17, 15) is 35.3 Å². The van der Waals surface area contributed by atoms with Gasteiger partial charge in [0.1, 0.15) is 30.5 Å². The minimum atomic E-state index is -4.81. The van der Waals surface area contributed by atoms with Crippen LogP contribution in [0.1, 0.15) is 13.8 Å². The summed E-state index contributed by atoms with van der Waals surface area (Å²) in [5.74, 6) is -0.677. The van der Waals surface area contributed by atoms with Gasteiger partial charge in [0, 0.05) is 0 Å². The van der Waals surface area contributed by atoms with Crippen LogP contribution in [0.5, 0.6) is 0 Å². The molecule has 1 fully saturated rings. The molecule has 25 heavy (non-hydrogen) atoms. The van der Waals surface area contributed by atoms with Gasteiger partial charge in [-0.15, -0.1) is 0 Å². The number of aliphatic hydroxyl groups is 4. The molecule has 0 spiro atoms. The van der Waals surface area contributed by atoms with Crippen molar-refractivity contribution < 1.29 is 109 Å². The van der Waals surface area contributed by atoms with Crippen molar-refractivity contribution in [3.05, 3.63) is 0 Å². The molecule has 1 aliphatic rings. The Kier molecular flexibility index (Phi) is 14.0. The van der Waals surface area contributed by atoms with E-state index in [0.717, 1.165) is 6.92 Å². The van der Waals surface area contributed by atoms with E-state index in [2.05, 4.69) is 9.73 Å². The molecule has 11 nitrogen and oxygen atoms in total. The topological polar surface area (TPSA) is 201 Å². The van der Waals surface area contributed by atoms with Crippen molar-refractivity contribution in [3.63, 3.8) is 0 Å². The van der Waals surface area contributed by atoms with E-state index in [1.807, 2.05) is 0 Å². The van der Waals surface area contributed by atoms with E-state index < -0.39 is 63.0 Å². The van der Waals surface area contributed by atoms with Crippen molar-refractivity contribution in [1.82, 2.24) is 0 Å². The molecule has 14 heteroatoms. The molecular weight excluding hydrogens is 383 g/mol. The average molecular weight is 403 g/mol. The van der Waals surface area contributed by atoms with Crippen molar-refractivity contribution in [1.29, 1.82) is 0 Å².